The maximum atomic E-state index is 12.6. The molecule has 0 aromatic carbocycles. The highest BCUT2D eigenvalue weighted by Crippen LogP contribution is 2.34. The number of likely N-dealkylation sites (tertiary alicyclic amines) is 1. The molecule has 1 aliphatic carbocycles. The van der Waals surface area contributed by atoms with E-state index < -0.39 is 6.10 Å². The van der Waals surface area contributed by atoms with Crippen molar-refractivity contribution >= 4 is 16.9 Å². The molecule has 122 valence electrons. The van der Waals surface area contributed by atoms with E-state index in [-0.39, 0.29) is 11.8 Å². The van der Waals surface area contributed by atoms with E-state index in [1.165, 1.54) is 10.9 Å². The van der Waals surface area contributed by atoms with Crippen LogP contribution in [0.4, 0.5) is 0 Å². The summed E-state index contributed by atoms with van der Waals surface area (Å²) in [5.74, 6) is 0.475. The molecule has 0 spiro atoms. The van der Waals surface area contributed by atoms with Crippen molar-refractivity contribution in [1.29, 1.82) is 0 Å². The van der Waals surface area contributed by atoms with E-state index >= 15 is 0 Å². The van der Waals surface area contributed by atoms with Crippen molar-refractivity contribution in [3.63, 3.8) is 0 Å². The minimum absolute atomic E-state index is 0.161. The van der Waals surface area contributed by atoms with Crippen LogP contribution in [0.15, 0.2) is 24.5 Å². The highest BCUT2D eigenvalue weighted by molar-refractivity contribution is 5.81. The van der Waals surface area contributed by atoms with Crippen molar-refractivity contribution in [3.8, 4) is 0 Å². The summed E-state index contributed by atoms with van der Waals surface area (Å²) in [5.41, 5.74) is 2.26. The number of nitrogens with zero attached hydrogens (tertiary/aromatic N) is 2. The molecule has 1 amide bonds. The van der Waals surface area contributed by atoms with Gasteiger partial charge >= 0.3 is 0 Å². The lowest BCUT2D eigenvalue weighted by molar-refractivity contribution is -0.139. The topological polar surface area (TPSA) is 69.2 Å². The van der Waals surface area contributed by atoms with Gasteiger partial charge in [-0.1, -0.05) is 0 Å². The average molecular weight is 313 g/mol. The highest BCUT2D eigenvalue weighted by Gasteiger charge is 2.36. The van der Waals surface area contributed by atoms with Gasteiger partial charge in [0.1, 0.15) is 5.65 Å². The number of aliphatic hydroxyl groups is 1. The fourth-order valence-corrected chi connectivity index (χ4v) is 4.19. The second-order valence-electron chi connectivity index (χ2n) is 6.85. The first-order valence-corrected chi connectivity index (χ1v) is 8.63. The van der Waals surface area contributed by atoms with E-state index in [4.69, 9.17) is 0 Å². The number of amides is 1. The van der Waals surface area contributed by atoms with Crippen molar-refractivity contribution in [2.24, 2.45) is 5.92 Å². The predicted octanol–water partition coefficient (Wildman–Crippen LogP) is 2.43. The number of nitrogens with one attached hydrogen (secondary N) is 1. The molecule has 23 heavy (non-hydrogen) atoms. The third-order valence-corrected chi connectivity index (χ3v) is 5.53. The van der Waals surface area contributed by atoms with Crippen molar-refractivity contribution in [2.45, 2.75) is 44.1 Å². The number of aromatic amines is 1. The van der Waals surface area contributed by atoms with Crippen molar-refractivity contribution in [1.82, 2.24) is 14.9 Å². The van der Waals surface area contributed by atoms with Gasteiger partial charge in [-0.3, -0.25) is 4.79 Å². The van der Waals surface area contributed by atoms with Crippen molar-refractivity contribution < 1.29 is 9.90 Å². The molecule has 2 fully saturated rings. The number of pyridine rings is 1. The number of piperidine rings is 1. The molecule has 2 aromatic rings. The molecule has 2 atom stereocenters. The van der Waals surface area contributed by atoms with Crippen LogP contribution >= 0.6 is 0 Å². The first-order valence-electron chi connectivity index (χ1n) is 8.63. The molecule has 0 bridgehead atoms. The fourth-order valence-electron chi connectivity index (χ4n) is 4.19. The zero-order chi connectivity index (χ0) is 15.8. The highest BCUT2D eigenvalue weighted by atomic mass is 16.3. The molecule has 2 aliphatic rings. The summed E-state index contributed by atoms with van der Waals surface area (Å²) in [6.07, 6.45) is 7.99. The molecule has 1 aliphatic heterocycles. The Balaban J connectivity index is 1.44. The molecule has 2 unspecified atom stereocenters. The minimum atomic E-state index is -0.431. The van der Waals surface area contributed by atoms with E-state index in [9.17, 15) is 9.90 Å². The Kier molecular flexibility index (Phi) is 3.81. The van der Waals surface area contributed by atoms with Gasteiger partial charge in [-0.15, -0.1) is 0 Å². The number of hydrogen-bond donors (Lipinski definition) is 2. The Morgan fingerprint density at radius 2 is 2.09 bits per heavy atom. The molecular weight excluding hydrogens is 290 g/mol. The number of carbonyl (C=O) groups excluding carboxylic acids is 1. The monoisotopic (exact) mass is 313 g/mol. The smallest absolute Gasteiger partial charge is 0.228 e. The van der Waals surface area contributed by atoms with E-state index in [0.29, 0.717) is 5.92 Å². The van der Waals surface area contributed by atoms with Gasteiger partial charge in [0.05, 0.1) is 12.0 Å². The molecule has 2 aromatic heterocycles. The number of rotatable bonds is 2. The van der Waals surface area contributed by atoms with Gasteiger partial charge in [-0.2, -0.15) is 0 Å². The minimum Gasteiger partial charge on any atom is -0.392 e. The normalized spacial score (nSPS) is 26.0. The van der Waals surface area contributed by atoms with E-state index in [1.807, 2.05) is 11.0 Å². The van der Waals surface area contributed by atoms with Crippen LogP contribution in [-0.4, -0.2) is 45.1 Å². The average Bonchev–Trinajstić information content (AvgIpc) is 3.20. The third-order valence-electron chi connectivity index (χ3n) is 5.53. The van der Waals surface area contributed by atoms with Crippen LogP contribution in [0.2, 0.25) is 0 Å². The Morgan fingerprint density at radius 3 is 2.83 bits per heavy atom. The lowest BCUT2D eigenvalue weighted by atomic mass is 9.89. The number of aliphatic hydroxyl groups excluding tert-OH is 1. The Hall–Kier alpha value is -1.88. The second-order valence-corrected chi connectivity index (χ2v) is 6.85. The van der Waals surface area contributed by atoms with Crippen LogP contribution in [0.3, 0.4) is 0 Å². The van der Waals surface area contributed by atoms with Crippen LogP contribution in [0.1, 0.15) is 43.6 Å². The SMILES string of the molecule is O=C(C1CCCC1O)N1CCC(c2c[nH]c3ncccc23)CC1. The van der Waals surface area contributed by atoms with Crippen molar-refractivity contribution in [2.75, 3.05) is 13.1 Å². The van der Waals surface area contributed by atoms with Gasteiger partial charge in [-0.05, 0) is 55.7 Å². The summed E-state index contributed by atoms with van der Waals surface area (Å²) in [7, 11) is 0. The molecule has 4 rings (SSSR count). The van der Waals surface area contributed by atoms with Crippen LogP contribution in [0.25, 0.3) is 11.0 Å². The molecule has 0 radical (unpaired) electrons. The van der Waals surface area contributed by atoms with Gasteiger partial charge in [0.2, 0.25) is 5.91 Å². The third kappa shape index (κ3) is 2.63. The molecule has 5 nitrogen and oxygen atoms in total. The fraction of sp³-hybridized carbons (Fsp3) is 0.556. The Morgan fingerprint density at radius 1 is 1.26 bits per heavy atom. The van der Waals surface area contributed by atoms with Gasteiger partial charge < -0.3 is 15.0 Å². The molecule has 5 heteroatoms. The first-order chi connectivity index (χ1) is 11.2. The standard InChI is InChI=1S/C18H23N3O2/c22-16-5-1-3-14(16)18(23)21-9-6-12(7-10-21)15-11-20-17-13(15)4-2-8-19-17/h2,4,8,11-12,14,16,22H,1,3,5-7,9-10H2,(H,19,20). The number of aromatic nitrogens is 2. The summed E-state index contributed by atoms with van der Waals surface area (Å²) < 4.78 is 0. The number of fused-ring (bicyclic) bond motifs is 1. The number of carbonyl (C=O) groups is 1. The maximum absolute atomic E-state index is 12.6. The molecule has 2 N–H and O–H groups in total. The zero-order valence-corrected chi connectivity index (χ0v) is 13.2. The zero-order valence-electron chi connectivity index (χ0n) is 13.2. The van der Waals surface area contributed by atoms with Crippen LogP contribution in [0.5, 0.6) is 0 Å². The maximum Gasteiger partial charge on any atom is 0.228 e. The van der Waals surface area contributed by atoms with E-state index in [0.717, 1.165) is 50.8 Å². The van der Waals surface area contributed by atoms with Crippen LogP contribution in [-0.2, 0) is 4.79 Å². The Bertz CT molecular complexity index is 703. The van der Waals surface area contributed by atoms with Crippen LogP contribution in [0, 0.1) is 5.92 Å². The first kappa shape index (κ1) is 14.7. The lowest BCUT2D eigenvalue weighted by Gasteiger charge is -2.34. The van der Waals surface area contributed by atoms with E-state index in [2.05, 4.69) is 22.2 Å². The molecule has 3 heterocycles. The molecule has 1 saturated carbocycles. The molecule has 1 saturated heterocycles. The van der Waals surface area contributed by atoms with E-state index in [1.54, 1.807) is 6.20 Å². The number of hydrogen-bond acceptors (Lipinski definition) is 3. The van der Waals surface area contributed by atoms with Gasteiger partial charge in [-0.25, -0.2) is 4.98 Å². The van der Waals surface area contributed by atoms with Crippen molar-refractivity contribution in [3.05, 3.63) is 30.1 Å². The summed E-state index contributed by atoms with van der Waals surface area (Å²) in [4.78, 5) is 22.1. The summed E-state index contributed by atoms with van der Waals surface area (Å²) in [5, 5.41) is 11.1. The van der Waals surface area contributed by atoms with Crippen LogP contribution < -0.4 is 0 Å². The summed E-state index contributed by atoms with van der Waals surface area (Å²) in [6.45, 7) is 1.58. The summed E-state index contributed by atoms with van der Waals surface area (Å²) in [6, 6.07) is 4.08. The largest absolute Gasteiger partial charge is 0.392 e. The van der Waals surface area contributed by atoms with Gasteiger partial charge in [0.15, 0.2) is 0 Å². The summed E-state index contributed by atoms with van der Waals surface area (Å²) >= 11 is 0. The van der Waals surface area contributed by atoms with Gasteiger partial charge in [0.25, 0.3) is 0 Å². The lowest BCUT2D eigenvalue weighted by Crippen LogP contribution is -2.43. The predicted molar refractivity (Wildman–Crippen MR) is 88.0 cm³/mol. The quantitative estimate of drug-likeness (QED) is 0.894. The second kappa shape index (κ2) is 5.96. The Labute approximate surface area is 135 Å². The number of H-pyrrole nitrogens is 1. The van der Waals surface area contributed by atoms with Gasteiger partial charge in [0, 0.05) is 30.9 Å². The molecular formula is C18H23N3O2.